The molecule has 2 heterocycles. The van der Waals surface area contributed by atoms with Crippen LogP contribution in [0.1, 0.15) is 16.1 Å². The van der Waals surface area contributed by atoms with Crippen molar-refractivity contribution in [1.82, 2.24) is 4.90 Å². The van der Waals surface area contributed by atoms with Gasteiger partial charge in [-0.15, -0.1) is 11.8 Å². The maximum absolute atomic E-state index is 12.7. The van der Waals surface area contributed by atoms with Gasteiger partial charge < -0.3 is 9.32 Å². The molecule has 1 aliphatic heterocycles. The van der Waals surface area contributed by atoms with Gasteiger partial charge in [0, 0.05) is 23.9 Å². The maximum atomic E-state index is 12.7. The van der Waals surface area contributed by atoms with Gasteiger partial charge in [0.25, 0.3) is 0 Å². The number of allylic oxidation sites excluding steroid dienone is 1. The lowest BCUT2D eigenvalue weighted by Gasteiger charge is -2.17. The second-order valence-electron chi connectivity index (χ2n) is 6.14. The summed E-state index contributed by atoms with van der Waals surface area (Å²) in [7, 11) is 0. The summed E-state index contributed by atoms with van der Waals surface area (Å²) >= 11 is 1.72. The van der Waals surface area contributed by atoms with Crippen LogP contribution in [0.15, 0.2) is 88.5 Å². The Morgan fingerprint density at radius 2 is 1.77 bits per heavy atom. The Kier molecular flexibility index (Phi) is 4.93. The molecule has 0 aliphatic carbocycles. The molecule has 0 bridgehead atoms. The molecular weight excluding hydrogens is 342 g/mol. The number of furan rings is 1. The molecule has 1 aliphatic rings. The molecular formula is C22H19NO2S. The van der Waals surface area contributed by atoms with Gasteiger partial charge in [0.15, 0.2) is 5.78 Å². The van der Waals surface area contributed by atoms with E-state index in [1.807, 2.05) is 54.6 Å². The van der Waals surface area contributed by atoms with Crippen LogP contribution in [-0.4, -0.2) is 23.0 Å². The van der Waals surface area contributed by atoms with Crippen molar-refractivity contribution in [1.29, 1.82) is 0 Å². The molecule has 0 radical (unpaired) electrons. The number of rotatable bonds is 5. The van der Waals surface area contributed by atoms with E-state index >= 15 is 0 Å². The lowest BCUT2D eigenvalue weighted by molar-refractivity contribution is 0.104. The molecule has 3 aromatic rings. The molecule has 26 heavy (non-hydrogen) atoms. The third-order valence-corrected chi connectivity index (χ3v) is 5.44. The fourth-order valence-corrected chi connectivity index (χ4v) is 4.05. The predicted octanol–water partition coefficient (Wildman–Crippen LogP) is 5.22. The molecule has 0 spiro atoms. The van der Waals surface area contributed by atoms with E-state index in [2.05, 4.69) is 17.0 Å². The molecule has 1 fully saturated rings. The summed E-state index contributed by atoms with van der Waals surface area (Å²) in [6.07, 6.45) is 3.43. The third-order valence-electron chi connectivity index (χ3n) is 4.38. The predicted molar refractivity (Wildman–Crippen MR) is 106 cm³/mol. The first-order valence-corrected chi connectivity index (χ1v) is 9.60. The highest BCUT2D eigenvalue weighted by Crippen LogP contribution is 2.30. The van der Waals surface area contributed by atoms with Gasteiger partial charge in [0.1, 0.15) is 5.76 Å². The minimum absolute atomic E-state index is 0.0402. The summed E-state index contributed by atoms with van der Waals surface area (Å²) in [5.74, 6) is 1.95. The number of thioether (sulfide) groups is 1. The first-order chi connectivity index (χ1) is 12.8. The zero-order chi connectivity index (χ0) is 17.8. The van der Waals surface area contributed by atoms with E-state index in [9.17, 15) is 4.79 Å². The molecule has 0 saturated carbocycles. The van der Waals surface area contributed by atoms with E-state index in [1.54, 1.807) is 24.1 Å². The first-order valence-electron chi connectivity index (χ1n) is 8.61. The summed E-state index contributed by atoms with van der Waals surface area (Å²) in [4.78, 5) is 14.9. The van der Waals surface area contributed by atoms with Crippen LogP contribution in [0.2, 0.25) is 0 Å². The summed E-state index contributed by atoms with van der Waals surface area (Å²) in [5, 5.41) is 1.01. The highest BCUT2D eigenvalue weighted by Gasteiger charge is 2.20. The van der Waals surface area contributed by atoms with Crippen LogP contribution >= 0.6 is 11.8 Å². The minimum atomic E-state index is 0.0402. The molecule has 0 N–H and O–H groups in total. The highest BCUT2D eigenvalue weighted by atomic mass is 32.2. The average Bonchev–Trinajstić information content (AvgIpc) is 3.35. The van der Waals surface area contributed by atoms with Crippen molar-refractivity contribution >= 4 is 17.5 Å². The second-order valence-corrected chi connectivity index (χ2v) is 7.25. The average molecular weight is 361 g/mol. The monoisotopic (exact) mass is 361 g/mol. The lowest BCUT2D eigenvalue weighted by Crippen LogP contribution is -2.18. The van der Waals surface area contributed by atoms with Crippen molar-refractivity contribution in [3.63, 3.8) is 0 Å². The van der Waals surface area contributed by atoms with E-state index in [0.717, 1.165) is 34.2 Å². The van der Waals surface area contributed by atoms with Crippen molar-refractivity contribution in [3.05, 3.63) is 95.4 Å². The third kappa shape index (κ3) is 3.75. The molecule has 0 atom stereocenters. The van der Waals surface area contributed by atoms with Crippen LogP contribution < -0.4 is 0 Å². The number of ketones is 1. The number of hydrogen-bond donors (Lipinski definition) is 0. The largest absolute Gasteiger partial charge is 0.467 e. The minimum Gasteiger partial charge on any atom is -0.467 e. The molecule has 130 valence electrons. The van der Waals surface area contributed by atoms with Crippen LogP contribution in [0.5, 0.6) is 0 Å². The Morgan fingerprint density at radius 3 is 2.50 bits per heavy atom. The molecule has 2 aromatic carbocycles. The van der Waals surface area contributed by atoms with Crippen molar-refractivity contribution in [2.75, 3.05) is 12.3 Å². The molecule has 4 rings (SSSR count). The van der Waals surface area contributed by atoms with Crippen molar-refractivity contribution in [2.45, 2.75) is 6.54 Å². The van der Waals surface area contributed by atoms with Gasteiger partial charge in [-0.05, 0) is 23.3 Å². The molecule has 1 saturated heterocycles. The van der Waals surface area contributed by atoms with E-state index in [1.165, 1.54) is 0 Å². The second kappa shape index (κ2) is 7.67. The van der Waals surface area contributed by atoms with Gasteiger partial charge in [-0.2, -0.15) is 0 Å². The van der Waals surface area contributed by atoms with E-state index in [0.29, 0.717) is 12.1 Å². The Labute approximate surface area is 157 Å². The Balaban J connectivity index is 1.49. The zero-order valence-corrected chi connectivity index (χ0v) is 15.1. The van der Waals surface area contributed by atoms with Gasteiger partial charge in [0.2, 0.25) is 0 Å². The standard InChI is InChI=1S/C22H19NO2S/c24-21(15-22-23(12-14-26-22)16-20-7-4-13-25-20)19-10-8-18(9-11-19)17-5-2-1-3-6-17/h1-11,13,15H,12,14,16H2/b22-15+. The van der Waals surface area contributed by atoms with E-state index in [4.69, 9.17) is 4.42 Å². The molecule has 0 amide bonds. The number of benzene rings is 2. The van der Waals surface area contributed by atoms with Gasteiger partial charge in [0.05, 0.1) is 17.8 Å². The van der Waals surface area contributed by atoms with Gasteiger partial charge in [-0.25, -0.2) is 0 Å². The quantitative estimate of drug-likeness (QED) is 0.461. The fraction of sp³-hybridized carbons (Fsp3) is 0.136. The summed E-state index contributed by atoms with van der Waals surface area (Å²) in [6, 6.07) is 21.8. The van der Waals surface area contributed by atoms with Crippen molar-refractivity contribution in [2.24, 2.45) is 0 Å². The maximum Gasteiger partial charge on any atom is 0.188 e. The Bertz CT molecular complexity index is 899. The van der Waals surface area contributed by atoms with Crippen molar-refractivity contribution in [3.8, 4) is 11.1 Å². The van der Waals surface area contributed by atoms with Gasteiger partial charge >= 0.3 is 0 Å². The van der Waals surface area contributed by atoms with Crippen LogP contribution in [0, 0.1) is 0 Å². The summed E-state index contributed by atoms with van der Waals surface area (Å²) in [5.41, 5.74) is 2.98. The molecule has 1 aromatic heterocycles. The summed E-state index contributed by atoms with van der Waals surface area (Å²) < 4.78 is 5.43. The van der Waals surface area contributed by atoms with Gasteiger partial charge in [-0.1, -0.05) is 54.6 Å². The number of carbonyl (C=O) groups is 1. The molecule has 4 heteroatoms. The highest BCUT2D eigenvalue weighted by molar-refractivity contribution is 8.03. The number of hydrogen-bond acceptors (Lipinski definition) is 4. The van der Waals surface area contributed by atoms with Gasteiger partial charge in [-0.3, -0.25) is 4.79 Å². The molecule has 0 unspecified atom stereocenters. The zero-order valence-electron chi connectivity index (χ0n) is 14.3. The van der Waals surface area contributed by atoms with Crippen LogP contribution in [-0.2, 0) is 6.54 Å². The van der Waals surface area contributed by atoms with Crippen LogP contribution in [0.3, 0.4) is 0 Å². The molecule has 3 nitrogen and oxygen atoms in total. The van der Waals surface area contributed by atoms with Crippen molar-refractivity contribution < 1.29 is 9.21 Å². The first kappa shape index (κ1) is 16.7. The Morgan fingerprint density at radius 1 is 1.00 bits per heavy atom. The number of carbonyl (C=O) groups excluding carboxylic acids is 1. The fourth-order valence-electron chi connectivity index (χ4n) is 3.00. The van der Waals surface area contributed by atoms with E-state index < -0.39 is 0 Å². The normalized spacial score (nSPS) is 15.5. The SMILES string of the molecule is O=C(/C=C1/SCCN1Cc1ccco1)c1ccc(-c2ccccc2)cc1. The summed E-state index contributed by atoms with van der Waals surface area (Å²) in [6.45, 7) is 1.63. The smallest absolute Gasteiger partial charge is 0.188 e. The lowest BCUT2D eigenvalue weighted by atomic mass is 10.0. The van der Waals surface area contributed by atoms with Crippen LogP contribution in [0.4, 0.5) is 0 Å². The van der Waals surface area contributed by atoms with E-state index in [-0.39, 0.29) is 5.78 Å². The Hall–Kier alpha value is -2.72. The topological polar surface area (TPSA) is 33.5 Å². The number of nitrogens with zero attached hydrogens (tertiary/aromatic N) is 1. The van der Waals surface area contributed by atoms with Crippen LogP contribution in [0.25, 0.3) is 11.1 Å².